The van der Waals surface area contributed by atoms with Crippen molar-refractivity contribution in [2.24, 2.45) is 10.7 Å². The number of benzene rings is 1. The lowest BCUT2D eigenvalue weighted by Crippen LogP contribution is -2.35. The van der Waals surface area contributed by atoms with E-state index in [0.717, 1.165) is 50.0 Å². The fraction of sp³-hybridized carbons (Fsp3) is 0.636. The van der Waals surface area contributed by atoms with Crippen LogP contribution in [-0.4, -0.2) is 36.4 Å². The van der Waals surface area contributed by atoms with Crippen molar-refractivity contribution in [3.63, 3.8) is 0 Å². The van der Waals surface area contributed by atoms with E-state index in [1.54, 1.807) is 0 Å². The topological polar surface area (TPSA) is 70.7 Å². The second kappa shape index (κ2) is 12.4. The second-order valence-corrected chi connectivity index (χ2v) is 7.45. The molecular weight excluding hydrogens is 336 g/mol. The first kappa shape index (κ1) is 21.3. The number of hydrogen-bond donors (Lipinski definition) is 2. The molecule has 150 valence electrons. The van der Waals surface area contributed by atoms with Crippen LogP contribution in [0.15, 0.2) is 29.3 Å². The van der Waals surface area contributed by atoms with E-state index in [1.807, 2.05) is 29.2 Å². The fourth-order valence-electron chi connectivity index (χ4n) is 3.39. The van der Waals surface area contributed by atoms with Crippen LogP contribution in [-0.2, 0) is 6.54 Å². The van der Waals surface area contributed by atoms with E-state index in [4.69, 9.17) is 5.73 Å². The van der Waals surface area contributed by atoms with Crippen LogP contribution in [0.1, 0.15) is 80.6 Å². The number of unbranched alkanes of at least 4 members (excludes halogenated alkanes) is 5. The largest absolute Gasteiger partial charge is 0.370 e. The van der Waals surface area contributed by atoms with Gasteiger partial charge in [-0.05, 0) is 43.4 Å². The van der Waals surface area contributed by atoms with Crippen molar-refractivity contribution < 1.29 is 4.79 Å². The molecule has 1 amide bonds. The summed E-state index contributed by atoms with van der Waals surface area (Å²) in [6.45, 7) is 5.41. The summed E-state index contributed by atoms with van der Waals surface area (Å²) in [6.07, 6.45) is 11.1. The van der Waals surface area contributed by atoms with Crippen molar-refractivity contribution in [3.8, 4) is 0 Å². The van der Waals surface area contributed by atoms with Crippen LogP contribution in [0.2, 0.25) is 0 Å². The van der Waals surface area contributed by atoms with E-state index in [1.165, 1.54) is 38.5 Å². The Balaban J connectivity index is 1.69. The summed E-state index contributed by atoms with van der Waals surface area (Å²) in [6, 6.07) is 7.76. The van der Waals surface area contributed by atoms with Crippen LogP contribution in [0.4, 0.5) is 0 Å². The SMILES string of the molecule is CCCCCCCCNC(N)=NCc1ccc(C(=O)N2CCCCC2)cc1. The first-order valence-corrected chi connectivity index (χ1v) is 10.6. The zero-order chi connectivity index (χ0) is 19.3. The molecule has 1 fully saturated rings. The molecule has 1 aliphatic rings. The zero-order valence-electron chi connectivity index (χ0n) is 16.9. The number of carbonyl (C=O) groups is 1. The van der Waals surface area contributed by atoms with Gasteiger partial charge in [0.2, 0.25) is 0 Å². The maximum absolute atomic E-state index is 12.5. The minimum absolute atomic E-state index is 0.143. The summed E-state index contributed by atoms with van der Waals surface area (Å²) in [5.74, 6) is 0.641. The van der Waals surface area contributed by atoms with Gasteiger partial charge < -0.3 is 16.0 Å². The van der Waals surface area contributed by atoms with Crippen LogP contribution in [0, 0.1) is 0 Å². The van der Waals surface area contributed by atoms with Gasteiger partial charge in [-0.25, -0.2) is 4.99 Å². The summed E-state index contributed by atoms with van der Waals surface area (Å²) in [5, 5.41) is 3.18. The van der Waals surface area contributed by atoms with Crippen LogP contribution in [0.25, 0.3) is 0 Å². The van der Waals surface area contributed by atoms with Gasteiger partial charge in [-0.2, -0.15) is 0 Å². The van der Waals surface area contributed by atoms with E-state index in [-0.39, 0.29) is 5.91 Å². The van der Waals surface area contributed by atoms with Crippen molar-refractivity contribution in [1.82, 2.24) is 10.2 Å². The molecule has 1 heterocycles. The van der Waals surface area contributed by atoms with Crippen LogP contribution in [0.3, 0.4) is 0 Å². The Hall–Kier alpha value is -2.04. The van der Waals surface area contributed by atoms with Gasteiger partial charge in [0.25, 0.3) is 5.91 Å². The third-order valence-electron chi connectivity index (χ3n) is 5.11. The predicted molar refractivity (Wildman–Crippen MR) is 113 cm³/mol. The Morgan fingerprint density at radius 1 is 1.04 bits per heavy atom. The third kappa shape index (κ3) is 8.02. The molecule has 0 radical (unpaired) electrons. The molecule has 1 aliphatic heterocycles. The molecule has 0 atom stereocenters. The highest BCUT2D eigenvalue weighted by Gasteiger charge is 2.17. The summed E-state index contributed by atoms with van der Waals surface area (Å²) < 4.78 is 0. The van der Waals surface area contributed by atoms with Gasteiger partial charge in [0.05, 0.1) is 6.54 Å². The van der Waals surface area contributed by atoms with Gasteiger partial charge >= 0.3 is 0 Å². The molecule has 1 aromatic carbocycles. The van der Waals surface area contributed by atoms with E-state index in [9.17, 15) is 4.79 Å². The normalized spacial score (nSPS) is 15.0. The molecule has 5 heteroatoms. The number of rotatable bonds is 10. The van der Waals surface area contributed by atoms with Crippen LogP contribution >= 0.6 is 0 Å². The minimum Gasteiger partial charge on any atom is -0.370 e. The quantitative estimate of drug-likeness (QED) is 0.369. The number of nitrogens with two attached hydrogens (primary N) is 1. The summed E-state index contributed by atoms with van der Waals surface area (Å²) in [4.78, 5) is 18.8. The molecular formula is C22H36N4O. The highest BCUT2D eigenvalue weighted by molar-refractivity contribution is 5.94. The number of amides is 1. The summed E-state index contributed by atoms with van der Waals surface area (Å²) in [7, 11) is 0. The number of nitrogens with zero attached hydrogens (tertiary/aromatic N) is 2. The molecule has 0 spiro atoms. The van der Waals surface area contributed by atoms with Crippen molar-refractivity contribution in [1.29, 1.82) is 0 Å². The van der Waals surface area contributed by atoms with Gasteiger partial charge in [-0.15, -0.1) is 0 Å². The molecule has 3 N–H and O–H groups in total. The summed E-state index contributed by atoms with van der Waals surface area (Å²) in [5.41, 5.74) is 7.76. The van der Waals surface area contributed by atoms with Crippen molar-refractivity contribution in [3.05, 3.63) is 35.4 Å². The van der Waals surface area contributed by atoms with Crippen molar-refractivity contribution >= 4 is 11.9 Å². The predicted octanol–water partition coefficient (Wildman–Crippen LogP) is 4.08. The molecule has 5 nitrogen and oxygen atoms in total. The Morgan fingerprint density at radius 3 is 2.41 bits per heavy atom. The number of hydrogen-bond acceptors (Lipinski definition) is 2. The zero-order valence-corrected chi connectivity index (χ0v) is 16.9. The molecule has 0 saturated carbocycles. The number of piperidine rings is 1. The molecule has 0 aromatic heterocycles. The van der Waals surface area contributed by atoms with Crippen molar-refractivity contribution in [2.75, 3.05) is 19.6 Å². The lowest BCUT2D eigenvalue weighted by Gasteiger charge is -2.26. The highest BCUT2D eigenvalue weighted by Crippen LogP contribution is 2.14. The van der Waals surface area contributed by atoms with E-state index in [0.29, 0.717) is 12.5 Å². The molecule has 0 unspecified atom stereocenters. The van der Waals surface area contributed by atoms with Gasteiger partial charge in [0.1, 0.15) is 0 Å². The lowest BCUT2D eigenvalue weighted by atomic mass is 10.1. The average Bonchev–Trinajstić information content (AvgIpc) is 2.72. The minimum atomic E-state index is 0.143. The standard InChI is InChI=1S/C22H36N4O/c1-2-3-4-5-6-8-15-24-22(23)25-18-19-11-13-20(14-12-19)21(27)26-16-9-7-10-17-26/h11-14H,2-10,15-18H2,1H3,(H3,23,24,25). The van der Waals surface area contributed by atoms with Crippen LogP contribution in [0.5, 0.6) is 0 Å². The first-order valence-electron chi connectivity index (χ1n) is 10.6. The average molecular weight is 373 g/mol. The lowest BCUT2D eigenvalue weighted by molar-refractivity contribution is 0.0724. The maximum Gasteiger partial charge on any atom is 0.253 e. The Kier molecular flexibility index (Phi) is 9.74. The van der Waals surface area contributed by atoms with Gasteiger partial charge in [-0.1, -0.05) is 51.2 Å². The van der Waals surface area contributed by atoms with Gasteiger partial charge in [-0.3, -0.25) is 4.79 Å². The monoisotopic (exact) mass is 372 g/mol. The molecule has 1 saturated heterocycles. The van der Waals surface area contributed by atoms with Gasteiger partial charge in [0, 0.05) is 25.2 Å². The maximum atomic E-state index is 12.5. The van der Waals surface area contributed by atoms with E-state index >= 15 is 0 Å². The molecule has 1 aromatic rings. The second-order valence-electron chi connectivity index (χ2n) is 7.45. The third-order valence-corrected chi connectivity index (χ3v) is 5.11. The smallest absolute Gasteiger partial charge is 0.253 e. The Labute approximate surface area is 164 Å². The number of aliphatic imine (C=N–C) groups is 1. The summed E-state index contributed by atoms with van der Waals surface area (Å²) >= 11 is 0. The molecule has 2 rings (SSSR count). The van der Waals surface area contributed by atoms with E-state index in [2.05, 4.69) is 17.2 Å². The molecule has 0 aliphatic carbocycles. The van der Waals surface area contributed by atoms with Crippen molar-refractivity contribution in [2.45, 2.75) is 71.3 Å². The molecule has 0 bridgehead atoms. The number of likely N-dealkylation sites (tertiary alicyclic amines) is 1. The highest BCUT2D eigenvalue weighted by atomic mass is 16.2. The first-order chi connectivity index (χ1) is 13.2. The number of guanidine groups is 1. The Morgan fingerprint density at radius 2 is 1.70 bits per heavy atom. The molecule has 27 heavy (non-hydrogen) atoms. The number of nitrogens with one attached hydrogen (secondary N) is 1. The van der Waals surface area contributed by atoms with Gasteiger partial charge in [0.15, 0.2) is 5.96 Å². The number of carbonyl (C=O) groups excluding carboxylic acids is 1. The fourth-order valence-corrected chi connectivity index (χ4v) is 3.39. The Bertz CT molecular complexity index is 576. The van der Waals surface area contributed by atoms with E-state index < -0.39 is 0 Å². The van der Waals surface area contributed by atoms with Crippen LogP contribution < -0.4 is 11.1 Å².